The summed E-state index contributed by atoms with van der Waals surface area (Å²) in [6.45, 7) is 0.754. The molecular weight excluding hydrogens is 374 g/mol. The maximum atomic E-state index is 12.1. The Morgan fingerprint density at radius 1 is 0.931 bits per heavy atom. The largest absolute Gasteiger partial charge is 0.504 e. The molecule has 0 saturated carbocycles. The summed E-state index contributed by atoms with van der Waals surface area (Å²) < 4.78 is 5.20. The lowest BCUT2D eigenvalue weighted by Crippen LogP contribution is -2.30. The van der Waals surface area contributed by atoms with Gasteiger partial charge in [0.1, 0.15) is 0 Å². The van der Waals surface area contributed by atoms with Gasteiger partial charge in [-0.2, -0.15) is 0 Å². The molecule has 1 aromatic heterocycles. The summed E-state index contributed by atoms with van der Waals surface area (Å²) in [5, 5.41) is 28.0. The van der Waals surface area contributed by atoms with Gasteiger partial charge < -0.3 is 25.4 Å². The van der Waals surface area contributed by atoms with Crippen molar-refractivity contribution in [3.63, 3.8) is 0 Å². The third-order valence-corrected chi connectivity index (χ3v) is 4.17. The summed E-state index contributed by atoms with van der Waals surface area (Å²) in [6.07, 6.45) is 0.628. The number of rotatable bonds is 8. The van der Waals surface area contributed by atoms with Gasteiger partial charge in [-0.25, -0.2) is 0 Å². The van der Waals surface area contributed by atoms with Crippen LogP contribution >= 0.6 is 0 Å². The molecule has 0 bridgehead atoms. The van der Waals surface area contributed by atoms with Crippen LogP contribution in [-0.4, -0.2) is 40.3 Å². The van der Waals surface area contributed by atoms with E-state index in [-0.39, 0.29) is 35.4 Å². The number of carbonyl (C=O) groups is 2. The minimum Gasteiger partial charge on any atom is -0.504 e. The number of nitrogens with one attached hydrogen (secondary N) is 2. The molecule has 29 heavy (non-hydrogen) atoms. The minimum absolute atomic E-state index is 0.0847. The van der Waals surface area contributed by atoms with Crippen LogP contribution < -0.4 is 10.6 Å². The Balaban J connectivity index is 1.37. The third-order valence-electron chi connectivity index (χ3n) is 4.17. The van der Waals surface area contributed by atoms with Crippen molar-refractivity contribution in [1.82, 2.24) is 15.8 Å². The van der Waals surface area contributed by atoms with Crippen LogP contribution in [0.3, 0.4) is 0 Å². The van der Waals surface area contributed by atoms with Crippen molar-refractivity contribution in [2.75, 3.05) is 13.1 Å². The van der Waals surface area contributed by atoms with Gasteiger partial charge in [-0.15, -0.1) is 0 Å². The van der Waals surface area contributed by atoms with Crippen molar-refractivity contribution in [3.05, 3.63) is 65.9 Å². The second-order valence-corrected chi connectivity index (χ2v) is 6.40. The number of nitrogens with zero attached hydrogens (tertiary/aromatic N) is 1. The molecule has 0 spiro atoms. The molecule has 0 radical (unpaired) electrons. The van der Waals surface area contributed by atoms with Gasteiger partial charge in [-0.3, -0.25) is 9.59 Å². The maximum absolute atomic E-state index is 12.1. The van der Waals surface area contributed by atoms with E-state index in [1.165, 1.54) is 12.1 Å². The van der Waals surface area contributed by atoms with Crippen LogP contribution in [0.25, 0.3) is 11.3 Å². The average molecular weight is 395 g/mol. The van der Waals surface area contributed by atoms with Crippen LogP contribution in [0.4, 0.5) is 0 Å². The molecule has 3 aromatic rings. The SMILES string of the molecule is O=C(Cc1ccc(O)c(O)c1)NCCCNC(=O)c1cc(-c2ccccc2)on1. The van der Waals surface area contributed by atoms with Gasteiger partial charge in [0.2, 0.25) is 5.91 Å². The van der Waals surface area contributed by atoms with Crippen molar-refractivity contribution in [3.8, 4) is 22.8 Å². The van der Waals surface area contributed by atoms with Gasteiger partial charge in [0.25, 0.3) is 5.91 Å². The topological polar surface area (TPSA) is 125 Å². The van der Waals surface area contributed by atoms with Crippen LogP contribution in [-0.2, 0) is 11.2 Å². The molecule has 8 heteroatoms. The molecule has 4 N–H and O–H groups in total. The molecule has 0 atom stereocenters. The highest BCUT2D eigenvalue weighted by molar-refractivity contribution is 5.93. The van der Waals surface area contributed by atoms with Gasteiger partial charge in [0.15, 0.2) is 23.0 Å². The number of hydrogen-bond donors (Lipinski definition) is 4. The Labute approximate surface area is 167 Å². The number of aromatic hydroxyl groups is 2. The molecule has 0 fully saturated rings. The first kappa shape index (κ1) is 19.9. The number of amides is 2. The molecule has 2 aromatic carbocycles. The number of hydrogen-bond acceptors (Lipinski definition) is 6. The van der Waals surface area contributed by atoms with Gasteiger partial charge in [-0.1, -0.05) is 41.6 Å². The fourth-order valence-corrected chi connectivity index (χ4v) is 2.66. The number of phenols is 2. The lowest BCUT2D eigenvalue weighted by atomic mass is 10.1. The van der Waals surface area contributed by atoms with E-state index < -0.39 is 0 Å². The van der Waals surface area contributed by atoms with Crippen molar-refractivity contribution < 1.29 is 24.3 Å². The molecule has 0 saturated heterocycles. The zero-order chi connectivity index (χ0) is 20.6. The molecular formula is C21H21N3O5. The summed E-state index contributed by atoms with van der Waals surface area (Å²) in [4.78, 5) is 24.0. The standard InChI is InChI=1S/C21H21N3O5/c25-17-8-7-14(11-18(17)26)12-20(27)22-9-4-10-23-21(28)16-13-19(29-24-16)15-5-2-1-3-6-15/h1-3,5-8,11,13,25-26H,4,9-10,12H2,(H,22,27)(H,23,28). The molecule has 8 nitrogen and oxygen atoms in total. The van der Waals surface area contributed by atoms with E-state index >= 15 is 0 Å². The zero-order valence-corrected chi connectivity index (χ0v) is 15.6. The van der Waals surface area contributed by atoms with Gasteiger partial charge >= 0.3 is 0 Å². The quantitative estimate of drug-likeness (QED) is 0.342. The molecule has 2 amide bonds. The van der Waals surface area contributed by atoms with E-state index in [0.29, 0.717) is 30.8 Å². The molecule has 1 heterocycles. The van der Waals surface area contributed by atoms with Crippen LogP contribution in [0, 0.1) is 0 Å². The fraction of sp³-hybridized carbons (Fsp3) is 0.190. The molecule has 3 rings (SSSR count). The van der Waals surface area contributed by atoms with E-state index in [1.54, 1.807) is 12.1 Å². The predicted molar refractivity (Wildman–Crippen MR) is 105 cm³/mol. The first-order valence-corrected chi connectivity index (χ1v) is 9.11. The third kappa shape index (κ3) is 5.58. The first-order chi connectivity index (χ1) is 14.0. The number of benzene rings is 2. The Morgan fingerprint density at radius 2 is 1.69 bits per heavy atom. The fourth-order valence-electron chi connectivity index (χ4n) is 2.66. The summed E-state index contributed by atoms with van der Waals surface area (Å²) in [5.74, 6) is -0.537. The predicted octanol–water partition coefficient (Wildman–Crippen LogP) is 2.23. The van der Waals surface area contributed by atoms with Crippen LogP contribution in [0.1, 0.15) is 22.5 Å². The van der Waals surface area contributed by atoms with Crippen molar-refractivity contribution in [1.29, 1.82) is 0 Å². The Hall–Kier alpha value is -3.81. The highest BCUT2D eigenvalue weighted by atomic mass is 16.5. The van der Waals surface area contributed by atoms with Crippen LogP contribution in [0.15, 0.2) is 59.1 Å². The van der Waals surface area contributed by atoms with E-state index in [2.05, 4.69) is 15.8 Å². The van der Waals surface area contributed by atoms with Gasteiger partial charge in [-0.05, 0) is 24.1 Å². The number of aromatic nitrogens is 1. The van der Waals surface area contributed by atoms with Crippen LogP contribution in [0.2, 0.25) is 0 Å². The number of carbonyl (C=O) groups excluding carboxylic acids is 2. The molecule has 0 aliphatic rings. The average Bonchev–Trinajstić information content (AvgIpc) is 3.21. The van der Waals surface area contributed by atoms with Crippen molar-refractivity contribution in [2.45, 2.75) is 12.8 Å². The zero-order valence-electron chi connectivity index (χ0n) is 15.6. The summed E-state index contributed by atoms with van der Waals surface area (Å²) in [6, 6.07) is 15.2. The highest BCUT2D eigenvalue weighted by Crippen LogP contribution is 2.25. The molecule has 0 unspecified atom stereocenters. The monoisotopic (exact) mass is 395 g/mol. The first-order valence-electron chi connectivity index (χ1n) is 9.11. The second kappa shape index (κ2) is 9.41. The van der Waals surface area contributed by atoms with E-state index in [4.69, 9.17) is 4.52 Å². The lowest BCUT2D eigenvalue weighted by Gasteiger charge is -2.07. The summed E-state index contributed by atoms with van der Waals surface area (Å²) in [5.41, 5.74) is 1.62. The highest BCUT2D eigenvalue weighted by Gasteiger charge is 2.13. The molecule has 0 aliphatic carbocycles. The Bertz CT molecular complexity index is 985. The van der Waals surface area contributed by atoms with Crippen molar-refractivity contribution in [2.24, 2.45) is 0 Å². The Morgan fingerprint density at radius 3 is 2.45 bits per heavy atom. The summed E-state index contributed by atoms with van der Waals surface area (Å²) >= 11 is 0. The smallest absolute Gasteiger partial charge is 0.273 e. The van der Waals surface area contributed by atoms with Crippen LogP contribution in [0.5, 0.6) is 11.5 Å². The maximum Gasteiger partial charge on any atom is 0.273 e. The molecule has 0 aliphatic heterocycles. The second-order valence-electron chi connectivity index (χ2n) is 6.40. The Kier molecular flexibility index (Phi) is 6.47. The molecule has 150 valence electrons. The minimum atomic E-state index is -0.346. The van der Waals surface area contributed by atoms with Crippen molar-refractivity contribution >= 4 is 11.8 Å². The van der Waals surface area contributed by atoms with E-state index in [9.17, 15) is 19.8 Å². The van der Waals surface area contributed by atoms with E-state index in [0.717, 1.165) is 5.56 Å². The lowest BCUT2D eigenvalue weighted by molar-refractivity contribution is -0.120. The van der Waals surface area contributed by atoms with Gasteiger partial charge in [0.05, 0.1) is 6.42 Å². The van der Waals surface area contributed by atoms with E-state index in [1.807, 2.05) is 30.3 Å². The number of phenolic OH excluding ortho intramolecular Hbond substituents is 2. The summed E-state index contributed by atoms with van der Waals surface area (Å²) in [7, 11) is 0. The van der Waals surface area contributed by atoms with Gasteiger partial charge in [0, 0.05) is 24.7 Å². The normalized spacial score (nSPS) is 10.5.